The lowest BCUT2D eigenvalue weighted by molar-refractivity contribution is -0.156. The predicted molar refractivity (Wildman–Crippen MR) is 127 cm³/mol. The van der Waals surface area contributed by atoms with Crippen molar-refractivity contribution in [1.82, 2.24) is 9.78 Å². The van der Waals surface area contributed by atoms with Gasteiger partial charge in [-0.2, -0.15) is 5.10 Å². The van der Waals surface area contributed by atoms with E-state index < -0.39 is 16.2 Å². The largest absolute Gasteiger partial charge is 0.459 e. The number of esters is 1. The predicted octanol–water partition coefficient (Wildman–Crippen LogP) is 6.57. The van der Waals surface area contributed by atoms with E-state index in [-0.39, 0.29) is 12.2 Å². The first-order chi connectivity index (χ1) is 14.9. The van der Waals surface area contributed by atoms with E-state index in [1.165, 1.54) is 17.8 Å². The number of hydrogen-bond acceptors (Lipinski definition) is 5. The summed E-state index contributed by atoms with van der Waals surface area (Å²) < 4.78 is 27.2. The van der Waals surface area contributed by atoms with E-state index in [4.69, 9.17) is 9.47 Å². The van der Waals surface area contributed by atoms with E-state index in [0.29, 0.717) is 12.3 Å². The van der Waals surface area contributed by atoms with Crippen LogP contribution in [-0.2, 0) is 14.3 Å². The topological polar surface area (TPSA) is 53.3 Å². The summed E-state index contributed by atoms with van der Waals surface area (Å²) in [4.78, 5) is 13.4. The van der Waals surface area contributed by atoms with Gasteiger partial charge in [-0.1, -0.05) is 12.1 Å². The molecule has 1 aromatic carbocycles. The van der Waals surface area contributed by atoms with Gasteiger partial charge in [-0.05, 0) is 90.6 Å². The lowest BCUT2D eigenvalue weighted by atomic mass is 10.1. The Balaban J connectivity index is 1.69. The molecule has 32 heavy (non-hydrogen) atoms. The lowest BCUT2D eigenvalue weighted by Crippen LogP contribution is -2.36. The molecule has 0 spiro atoms. The number of ether oxygens (including phenoxy) is 2. The number of benzene rings is 1. The van der Waals surface area contributed by atoms with Crippen molar-refractivity contribution in [3.8, 4) is 0 Å². The standard InChI is InChI=1S/C25H33FN2O3S/c1-17-15-21(27-28(17)22-9-7-8-14-30-22)20(26)16-18-10-12-19(13-11-18)32-25(5,6)23(29)31-24(2,3)4/h10-13,15-16,22H,7-9,14H2,1-6H3. The van der Waals surface area contributed by atoms with E-state index >= 15 is 0 Å². The second kappa shape index (κ2) is 9.79. The van der Waals surface area contributed by atoms with Crippen LogP contribution in [0.1, 0.15) is 77.1 Å². The number of carbonyl (C=O) groups is 1. The smallest absolute Gasteiger partial charge is 0.322 e. The quantitative estimate of drug-likeness (QED) is 0.360. The summed E-state index contributed by atoms with van der Waals surface area (Å²) in [6.45, 7) is 11.9. The number of nitrogens with zero attached hydrogens (tertiary/aromatic N) is 2. The van der Waals surface area contributed by atoms with E-state index in [1.54, 1.807) is 10.7 Å². The van der Waals surface area contributed by atoms with Crippen LogP contribution >= 0.6 is 11.8 Å². The molecular formula is C25H33FN2O3S. The van der Waals surface area contributed by atoms with Gasteiger partial charge in [0.25, 0.3) is 0 Å². The zero-order valence-electron chi connectivity index (χ0n) is 19.8. The Morgan fingerprint density at radius 3 is 2.50 bits per heavy atom. The van der Waals surface area contributed by atoms with Crippen molar-refractivity contribution in [3.63, 3.8) is 0 Å². The van der Waals surface area contributed by atoms with Crippen molar-refractivity contribution in [3.05, 3.63) is 47.3 Å². The molecular weight excluding hydrogens is 427 g/mol. The maximum atomic E-state index is 14.9. The zero-order valence-corrected chi connectivity index (χ0v) is 20.6. The fourth-order valence-corrected chi connectivity index (χ4v) is 4.39. The number of aryl methyl sites for hydroxylation is 1. The van der Waals surface area contributed by atoms with Gasteiger partial charge in [0.1, 0.15) is 22.3 Å². The van der Waals surface area contributed by atoms with Crippen molar-refractivity contribution in [2.45, 2.75) is 82.3 Å². The van der Waals surface area contributed by atoms with Gasteiger partial charge in [-0.15, -0.1) is 11.8 Å². The molecule has 1 unspecified atom stereocenters. The van der Waals surface area contributed by atoms with Gasteiger partial charge < -0.3 is 9.47 Å². The molecule has 7 heteroatoms. The molecule has 1 fully saturated rings. The van der Waals surface area contributed by atoms with Crippen LogP contribution in [0.4, 0.5) is 4.39 Å². The molecule has 174 valence electrons. The van der Waals surface area contributed by atoms with Crippen LogP contribution in [0.25, 0.3) is 11.9 Å². The minimum absolute atomic E-state index is 0.116. The van der Waals surface area contributed by atoms with Crippen LogP contribution in [0.5, 0.6) is 0 Å². The third kappa shape index (κ3) is 6.45. The molecule has 3 rings (SSSR count). The Morgan fingerprint density at radius 2 is 1.91 bits per heavy atom. The Hall–Kier alpha value is -2.12. The first-order valence-electron chi connectivity index (χ1n) is 11.0. The molecule has 1 aromatic heterocycles. The number of thioether (sulfide) groups is 1. The third-order valence-electron chi connectivity index (χ3n) is 5.03. The average Bonchev–Trinajstić information content (AvgIpc) is 3.10. The fourth-order valence-electron chi connectivity index (χ4n) is 3.40. The molecule has 2 aromatic rings. The monoisotopic (exact) mass is 460 g/mol. The molecule has 0 bridgehead atoms. The summed E-state index contributed by atoms with van der Waals surface area (Å²) in [5.74, 6) is -0.657. The van der Waals surface area contributed by atoms with Gasteiger partial charge >= 0.3 is 5.97 Å². The van der Waals surface area contributed by atoms with Gasteiger partial charge in [0.05, 0.1) is 0 Å². The first kappa shape index (κ1) is 24.5. The van der Waals surface area contributed by atoms with E-state index in [0.717, 1.165) is 35.4 Å². The van der Waals surface area contributed by atoms with Crippen LogP contribution in [0.15, 0.2) is 35.2 Å². The van der Waals surface area contributed by atoms with Crippen molar-refractivity contribution in [2.75, 3.05) is 6.61 Å². The summed E-state index contributed by atoms with van der Waals surface area (Å²) in [6, 6.07) is 9.19. The molecule has 2 heterocycles. The highest BCUT2D eigenvalue weighted by Crippen LogP contribution is 2.35. The summed E-state index contributed by atoms with van der Waals surface area (Å²) in [5, 5.41) is 4.44. The van der Waals surface area contributed by atoms with Crippen LogP contribution in [0.2, 0.25) is 0 Å². The average molecular weight is 461 g/mol. The molecule has 1 saturated heterocycles. The molecule has 0 aliphatic carbocycles. The van der Waals surface area contributed by atoms with Crippen LogP contribution in [0.3, 0.4) is 0 Å². The number of halogens is 1. The first-order valence-corrected chi connectivity index (χ1v) is 11.8. The van der Waals surface area contributed by atoms with Crippen molar-refractivity contribution < 1.29 is 18.7 Å². The van der Waals surface area contributed by atoms with Crippen LogP contribution in [-0.4, -0.2) is 32.7 Å². The molecule has 1 atom stereocenters. The van der Waals surface area contributed by atoms with E-state index in [9.17, 15) is 9.18 Å². The molecule has 0 amide bonds. The Labute approximate surface area is 194 Å². The SMILES string of the molecule is Cc1cc(C(F)=Cc2ccc(SC(C)(C)C(=O)OC(C)(C)C)cc2)nn1C1CCCCO1. The normalized spacial score (nSPS) is 18.0. The number of aromatic nitrogens is 2. The van der Waals surface area contributed by atoms with Gasteiger partial charge in [-0.25, -0.2) is 9.07 Å². The highest BCUT2D eigenvalue weighted by molar-refractivity contribution is 8.01. The number of rotatable bonds is 6. The Bertz CT molecular complexity index is 968. The fraction of sp³-hybridized carbons (Fsp3) is 0.520. The second-order valence-corrected chi connectivity index (χ2v) is 11.3. The highest BCUT2D eigenvalue weighted by Gasteiger charge is 2.33. The summed E-state index contributed by atoms with van der Waals surface area (Å²) >= 11 is 1.42. The highest BCUT2D eigenvalue weighted by atomic mass is 32.2. The maximum Gasteiger partial charge on any atom is 0.322 e. The van der Waals surface area contributed by atoms with Gasteiger partial charge in [0.2, 0.25) is 0 Å². The minimum Gasteiger partial charge on any atom is -0.459 e. The lowest BCUT2D eigenvalue weighted by Gasteiger charge is -2.28. The summed E-state index contributed by atoms with van der Waals surface area (Å²) in [7, 11) is 0. The zero-order chi connectivity index (χ0) is 23.5. The molecule has 1 aliphatic rings. The van der Waals surface area contributed by atoms with E-state index in [2.05, 4.69) is 5.10 Å². The third-order valence-corrected chi connectivity index (χ3v) is 6.22. The van der Waals surface area contributed by atoms with E-state index in [1.807, 2.05) is 65.8 Å². The van der Waals surface area contributed by atoms with Crippen molar-refractivity contribution in [1.29, 1.82) is 0 Å². The molecule has 0 saturated carbocycles. The van der Waals surface area contributed by atoms with Crippen molar-refractivity contribution >= 4 is 29.6 Å². The van der Waals surface area contributed by atoms with Gasteiger partial charge in [-0.3, -0.25) is 4.79 Å². The molecule has 0 radical (unpaired) electrons. The minimum atomic E-state index is -0.735. The second-order valence-electron chi connectivity index (χ2n) is 9.61. The Morgan fingerprint density at radius 1 is 1.22 bits per heavy atom. The maximum absolute atomic E-state index is 14.9. The van der Waals surface area contributed by atoms with Crippen LogP contribution < -0.4 is 0 Å². The molecule has 1 aliphatic heterocycles. The molecule has 5 nitrogen and oxygen atoms in total. The molecule has 0 N–H and O–H groups in total. The van der Waals surface area contributed by atoms with Gasteiger partial charge in [0, 0.05) is 17.2 Å². The van der Waals surface area contributed by atoms with Crippen molar-refractivity contribution in [2.24, 2.45) is 0 Å². The number of hydrogen-bond donors (Lipinski definition) is 0. The van der Waals surface area contributed by atoms with Gasteiger partial charge in [0.15, 0.2) is 5.83 Å². The summed E-state index contributed by atoms with van der Waals surface area (Å²) in [5.41, 5.74) is 1.38. The Kier molecular flexibility index (Phi) is 7.50. The summed E-state index contributed by atoms with van der Waals surface area (Å²) in [6.07, 6.45) is 4.40. The number of carbonyl (C=O) groups excluding carboxylic acids is 1. The van der Waals surface area contributed by atoms with Crippen LogP contribution in [0, 0.1) is 6.92 Å².